The van der Waals surface area contributed by atoms with E-state index >= 15 is 0 Å². The summed E-state index contributed by atoms with van der Waals surface area (Å²) in [5.74, 6) is 0.157. The zero-order valence-corrected chi connectivity index (χ0v) is 10.0. The summed E-state index contributed by atoms with van der Waals surface area (Å²) >= 11 is 0. The van der Waals surface area contributed by atoms with E-state index in [9.17, 15) is 4.79 Å². The Labute approximate surface area is 87.0 Å². The van der Waals surface area contributed by atoms with E-state index in [2.05, 4.69) is 18.7 Å². The molecule has 2 N–H and O–H groups in total. The Morgan fingerprint density at radius 1 is 1.29 bits per heavy atom. The Kier molecular flexibility index (Phi) is 5.08. The molecule has 0 aliphatic rings. The molecule has 4 nitrogen and oxygen atoms in total. The van der Waals surface area contributed by atoms with Crippen LogP contribution in [0.5, 0.6) is 0 Å². The Hall–Kier alpha value is -0.610. The third-order valence-electron chi connectivity index (χ3n) is 2.69. The number of carbonyl (C=O) groups excluding carboxylic acids is 1. The molecule has 0 aromatic heterocycles. The number of amides is 1. The van der Waals surface area contributed by atoms with Crippen LogP contribution < -0.4 is 5.73 Å². The smallest absolute Gasteiger partial charge is 0.223 e. The molecule has 0 saturated heterocycles. The maximum Gasteiger partial charge on any atom is 0.223 e. The molecular formula is C10H23N3O. The van der Waals surface area contributed by atoms with Crippen molar-refractivity contribution in [3.63, 3.8) is 0 Å². The van der Waals surface area contributed by atoms with E-state index in [0.717, 1.165) is 6.54 Å². The summed E-state index contributed by atoms with van der Waals surface area (Å²) in [5, 5.41) is 0. The van der Waals surface area contributed by atoms with Gasteiger partial charge in [-0.3, -0.25) is 9.69 Å². The van der Waals surface area contributed by atoms with E-state index in [1.54, 1.807) is 19.0 Å². The fourth-order valence-electron chi connectivity index (χ4n) is 0.945. The number of hydrogen-bond donors (Lipinski definition) is 1. The lowest BCUT2D eigenvalue weighted by Crippen LogP contribution is -2.48. The quantitative estimate of drug-likeness (QED) is 0.688. The van der Waals surface area contributed by atoms with Gasteiger partial charge in [-0.1, -0.05) is 0 Å². The fraction of sp³-hybridized carbons (Fsp3) is 0.900. The summed E-state index contributed by atoms with van der Waals surface area (Å²) in [7, 11) is 5.54. The number of carbonyl (C=O) groups is 1. The summed E-state index contributed by atoms with van der Waals surface area (Å²) in [4.78, 5) is 15.1. The fourth-order valence-corrected chi connectivity index (χ4v) is 0.945. The van der Waals surface area contributed by atoms with Gasteiger partial charge >= 0.3 is 0 Å². The SMILES string of the molecule is CN(C)C(=O)CCN(C)C(C)(C)CN. The molecule has 0 aromatic carbocycles. The van der Waals surface area contributed by atoms with Crippen molar-refractivity contribution in [2.45, 2.75) is 25.8 Å². The summed E-state index contributed by atoms with van der Waals surface area (Å²) in [6, 6.07) is 0. The molecule has 1 amide bonds. The largest absolute Gasteiger partial charge is 0.349 e. The van der Waals surface area contributed by atoms with Crippen molar-refractivity contribution in [1.29, 1.82) is 0 Å². The highest BCUT2D eigenvalue weighted by Crippen LogP contribution is 2.10. The predicted octanol–water partition coefficient (Wildman–Crippen LogP) is 0.134. The third-order valence-corrected chi connectivity index (χ3v) is 2.69. The maximum absolute atomic E-state index is 11.3. The normalized spacial score (nSPS) is 11.9. The number of likely N-dealkylation sites (N-methyl/N-ethyl adjacent to an activating group) is 1. The van der Waals surface area contributed by atoms with E-state index < -0.39 is 0 Å². The van der Waals surface area contributed by atoms with Gasteiger partial charge in [0.15, 0.2) is 0 Å². The summed E-state index contributed by atoms with van der Waals surface area (Å²) in [6.45, 7) is 5.50. The first-order valence-corrected chi connectivity index (χ1v) is 4.92. The van der Waals surface area contributed by atoms with Gasteiger partial charge in [-0.15, -0.1) is 0 Å². The topological polar surface area (TPSA) is 49.6 Å². The van der Waals surface area contributed by atoms with Crippen LogP contribution in [0, 0.1) is 0 Å². The minimum atomic E-state index is -0.0351. The Morgan fingerprint density at radius 3 is 2.14 bits per heavy atom. The zero-order valence-electron chi connectivity index (χ0n) is 10.0. The molecule has 0 heterocycles. The van der Waals surface area contributed by atoms with Gasteiger partial charge in [-0.25, -0.2) is 0 Å². The Balaban J connectivity index is 3.97. The Bertz CT molecular complexity index is 190. The van der Waals surface area contributed by atoms with Crippen LogP contribution in [0.2, 0.25) is 0 Å². The second-order valence-corrected chi connectivity index (χ2v) is 4.48. The minimum Gasteiger partial charge on any atom is -0.349 e. The average molecular weight is 201 g/mol. The zero-order chi connectivity index (χ0) is 11.4. The molecule has 84 valence electrons. The molecular weight excluding hydrogens is 178 g/mol. The van der Waals surface area contributed by atoms with Crippen LogP contribution in [0.1, 0.15) is 20.3 Å². The van der Waals surface area contributed by atoms with Crippen molar-refractivity contribution < 1.29 is 4.79 Å². The van der Waals surface area contributed by atoms with E-state index in [4.69, 9.17) is 5.73 Å². The van der Waals surface area contributed by atoms with Crippen LogP contribution >= 0.6 is 0 Å². The molecule has 4 heteroatoms. The standard InChI is InChI=1S/C10H23N3O/c1-10(2,8-11)13(5)7-6-9(14)12(3)4/h6-8,11H2,1-5H3. The predicted molar refractivity (Wildman–Crippen MR) is 59.1 cm³/mol. The van der Waals surface area contributed by atoms with Gasteiger partial charge in [0.25, 0.3) is 0 Å². The number of nitrogens with zero attached hydrogens (tertiary/aromatic N) is 2. The molecule has 0 bridgehead atoms. The lowest BCUT2D eigenvalue weighted by atomic mass is 10.0. The molecule has 0 radical (unpaired) electrons. The number of rotatable bonds is 5. The van der Waals surface area contributed by atoms with E-state index in [1.807, 2.05) is 7.05 Å². The van der Waals surface area contributed by atoms with Crippen LogP contribution in [-0.4, -0.2) is 55.5 Å². The lowest BCUT2D eigenvalue weighted by molar-refractivity contribution is -0.129. The molecule has 14 heavy (non-hydrogen) atoms. The highest BCUT2D eigenvalue weighted by Gasteiger charge is 2.21. The number of hydrogen-bond acceptors (Lipinski definition) is 3. The van der Waals surface area contributed by atoms with Gasteiger partial charge in [-0.05, 0) is 20.9 Å². The molecule has 0 aromatic rings. The van der Waals surface area contributed by atoms with E-state index in [-0.39, 0.29) is 11.4 Å². The summed E-state index contributed by atoms with van der Waals surface area (Å²) in [6.07, 6.45) is 0.549. The third kappa shape index (κ3) is 4.07. The van der Waals surface area contributed by atoms with Gasteiger partial charge in [0.1, 0.15) is 0 Å². The van der Waals surface area contributed by atoms with Crippen molar-refractivity contribution in [2.24, 2.45) is 5.73 Å². The molecule has 0 fully saturated rings. The van der Waals surface area contributed by atoms with Crippen LogP contribution in [0.25, 0.3) is 0 Å². The van der Waals surface area contributed by atoms with Crippen LogP contribution in [0.4, 0.5) is 0 Å². The van der Waals surface area contributed by atoms with Gasteiger partial charge in [-0.2, -0.15) is 0 Å². The Morgan fingerprint density at radius 2 is 1.79 bits per heavy atom. The minimum absolute atomic E-state index is 0.0351. The van der Waals surface area contributed by atoms with Gasteiger partial charge in [0.2, 0.25) is 5.91 Å². The monoisotopic (exact) mass is 201 g/mol. The number of nitrogens with two attached hydrogens (primary N) is 1. The molecule has 0 atom stereocenters. The highest BCUT2D eigenvalue weighted by atomic mass is 16.2. The lowest BCUT2D eigenvalue weighted by Gasteiger charge is -2.34. The first-order valence-electron chi connectivity index (χ1n) is 4.92. The van der Waals surface area contributed by atoms with Gasteiger partial charge in [0.05, 0.1) is 0 Å². The van der Waals surface area contributed by atoms with E-state index in [1.165, 1.54) is 0 Å². The van der Waals surface area contributed by atoms with Crippen LogP contribution in [-0.2, 0) is 4.79 Å². The second kappa shape index (κ2) is 5.32. The van der Waals surface area contributed by atoms with Crippen molar-refractivity contribution in [1.82, 2.24) is 9.80 Å². The first-order chi connectivity index (χ1) is 6.31. The van der Waals surface area contributed by atoms with Crippen molar-refractivity contribution >= 4 is 5.91 Å². The van der Waals surface area contributed by atoms with Crippen molar-refractivity contribution in [3.05, 3.63) is 0 Å². The molecule has 0 aliphatic carbocycles. The van der Waals surface area contributed by atoms with E-state index in [0.29, 0.717) is 13.0 Å². The molecule has 0 unspecified atom stereocenters. The first kappa shape index (κ1) is 13.4. The van der Waals surface area contributed by atoms with Crippen molar-refractivity contribution in [3.8, 4) is 0 Å². The molecule has 0 saturated carbocycles. The van der Waals surface area contributed by atoms with Crippen molar-refractivity contribution in [2.75, 3.05) is 34.2 Å². The summed E-state index contributed by atoms with van der Waals surface area (Å²) in [5.41, 5.74) is 5.60. The molecule has 0 rings (SSSR count). The summed E-state index contributed by atoms with van der Waals surface area (Å²) < 4.78 is 0. The van der Waals surface area contributed by atoms with Crippen LogP contribution in [0.15, 0.2) is 0 Å². The molecule has 0 aliphatic heterocycles. The van der Waals surface area contributed by atoms with Gasteiger partial charge < -0.3 is 10.6 Å². The van der Waals surface area contributed by atoms with Gasteiger partial charge in [0, 0.05) is 39.1 Å². The maximum atomic E-state index is 11.3. The second-order valence-electron chi connectivity index (χ2n) is 4.48. The molecule has 0 spiro atoms. The average Bonchev–Trinajstić information content (AvgIpc) is 2.13. The van der Waals surface area contributed by atoms with Crippen LogP contribution in [0.3, 0.4) is 0 Å². The highest BCUT2D eigenvalue weighted by molar-refractivity contribution is 5.75.